The van der Waals surface area contributed by atoms with E-state index in [1.165, 1.54) is 6.08 Å². The molecule has 3 nitrogen and oxygen atoms in total. The molecule has 0 unspecified atom stereocenters. The largest absolute Gasteiger partial charge is 0.497 e. The van der Waals surface area contributed by atoms with Gasteiger partial charge in [0.1, 0.15) is 11.5 Å². The number of methoxy groups -OCH3 is 2. The zero-order chi connectivity index (χ0) is 15.2. The highest BCUT2D eigenvalue weighted by Crippen LogP contribution is 2.25. The molecular weight excluding hydrogens is 332 g/mol. The Morgan fingerprint density at radius 3 is 2.57 bits per heavy atom. The van der Waals surface area contributed by atoms with Gasteiger partial charge in [-0.05, 0) is 36.4 Å². The van der Waals surface area contributed by atoms with Gasteiger partial charge in [0, 0.05) is 21.7 Å². The highest BCUT2D eigenvalue weighted by atomic mass is 79.9. The predicted molar refractivity (Wildman–Crippen MR) is 87.1 cm³/mol. The van der Waals surface area contributed by atoms with Crippen LogP contribution in [0.15, 0.2) is 53.0 Å². The number of rotatable bonds is 5. The fraction of sp³-hybridized carbons (Fsp3) is 0.118. The second-order valence-corrected chi connectivity index (χ2v) is 5.23. The minimum Gasteiger partial charge on any atom is -0.497 e. The van der Waals surface area contributed by atoms with Crippen LogP contribution in [-0.2, 0) is 0 Å². The predicted octanol–water partition coefficient (Wildman–Crippen LogP) is 4.36. The Morgan fingerprint density at radius 2 is 1.90 bits per heavy atom. The maximum Gasteiger partial charge on any atom is 0.185 e. The first kappa shape index (κ1) is 15.3. The zero-order valence-electron chi connectivity index (χ0n) is 11.8. The van der Waals surface area contributed by atoms with E-state index in [-0.39, 0.29) is 5.78 Å². The van der Waals surface area contributed by atoms with Gasteiger partial charge in [0.25, 0.3) is 0 Å². The van der Waals surface area contributed by atoms with Crippen LogP contribution in [0.2, 0.25) is 0 Å². The molecule has 2 aromatic carbocycles. The van der Waals surface area contributed by atoms with Crippen molar-refractivity contribution in [2.24, 2.45) is 0 Å². The summed E-state index contributed by atoms with van der Waals surface area (Å²) in [7, 11) is 3.18. The molecule has 0 radical (unpaired) electrons. The third-order valence-electron chi connectivity index (χ3n) is 2.96. The maximum absolute atomic E-state index is 12.1. The minimum atomic E-state index is -0.0610. The standard InChI is InChI=1S/C17H15BrO3/c1-20-15-8-6-12(17(11-15)21-2)7-9-16(19)13-4-3-5-14(18)10-13/h3-11H,1-2H3. The van der Waals surface area contributed by atoms with Gasteiger partial charge < -0.3 is 9.47 Å². The van der Waals surface area contributed by atoms with Gasteiger partial charge in [0.2, 0.25) is 0 Å². The lowest BCUT2D eigenvalue weighted by molar-refractivity contribution is 0.104. The number of carbonyl (C=O) groups is 1. The molecule has 0 amide bonds. The van der Waals surface area contributed by atoms with Crippen LogP contribution in [0.1, 0.15) is 15.9 Å². The molecule has 0 spiro atoms. The average Bonchev–Trinajstić information content (AvgIpc) is 2.52. The molecule has 0 N–H and O–H groups in total. The molecule has 0 aromatic heterocycles. The first-order valence-corrected chi connectivity index (χ1v) is 7.13. The third-order valence-corrected chi connectivity index (χ3v) is 3.46. The smallest absolute Gasteiger partial charge is 0.185 e. The highest BCUT2D eigenvalue weighted by Gasteiger charge is 2.05. The molecule has 0 aliphatic carbocycles. The average molecular weight is 347 g/mol. The molecule has 0 aliphatic rings. The Kier molecular flexibility index (Phi) is 5.17. The van der Waals surface area contributed by atoms with Crippen molar-refractivity contribution >= 4 is 27.8 Å². The van der Waals surface area contributed by atoms with Crippen molar-refractivity contribution in [2.75, 3.05) is 14.2 Å². The molecule has 0 saturated heterocycles. The monoisotopic (exact) mass is 346 g/mol. The Labute approximate surface area is 132 Å². The van der Waals surface area contributed by atoms with Crippen LogP contribution in [0.5, 0.6) is 11.5 Å². The third kappa shape index (κ3) is 3.95. The van der Waals surface area contributed by atoms with E-state index in [4.69, 9.17) is 9.47 Å². The summed E-state index contributed by atoms with van der Waals surface area (Å²) in [6.07, 6.45) is 3.27. The van der Waals surface area contributed by atoms with Gasteiger partial charge in [-0.1, -0.05) is 28.1 Å². The molecular formula is C17H15BrO3. The number of allylic oxidation sites excluding steroid dienone is 1. The number of hydrogen-bond acceptors (Lipinski definition) is 3. The molecule has 0 bridgehead atoms. The highest BCUT2D eigenvalue weighted by molar-refractivity contribution is 9.10. The van der Waals surface area contributed by atoms with Crippen molar-refractivity contribution < 1.29 is 14.3 Å². The molecule has 0 fully saturated rings. The molecule has 21 heavy (non-hydrogen) atoms. The maximum atomic E-state index is 12.1. The van der Waals surface area contributed by atoms with Crippen LogP contribution in [0, 0.1) is 0 Å². The van der Waals surface area contributed by atoms with Crippen molar-refractivity contribution in [3.05, 3.63) is 64.1 Å². The molecule has 0 aliphatic heterocycles. The molecule has 0 saturated carbocycles. The van der Waals surface area contributed by atoms with E-state index in [1.807, 2.05) is 24.3 Å². The second-order valence-electron chi connectivity index (χ2n) is 4.32. The summed E-state index contributed by atoms with van der Waals surface area (Å²) in [5.74, 6) is 1.31. The van der Waals surface area contributed by atoms with E-state index < -0.39 is 0 Å². The fourth-order valence-corrected chi connectivity index (χ4v) is 2.26. The summed E-state index contributed by atoms with van der Waals surface area (Å²) in [4.78, 5) is 12.1. The van der Waals surface area contributed by atoms with Gasteiger partial charge in [-0.3, -0.25) is 4.79 Å². The summed E-state index contributed by atoms with van der Waals surface area (Å²) in [5, 5.41) is 0. The molecule has 108 valence electrons. The lowest BCUT2D eigenvalue weighted by atomic mass is 10.1. The summed E-state index contributed by atoms with van der Waals surface area (Å²) in [6.45, 7) is 0. The first-order chi connectivity index (χ1) is 10.1. The van der Waals surface area contributed by atoms with Crippen molar-refractivity contribution in [3.63, 3.8) is 0 Å². The Balaban J connectivity index is 2.23. The van der Waals surface area contributed by atoms with Crippen molar-refractivity contribution in [2.45, 2.75) is 0 Å². The summed E-state index contributed by atoms with van der Waals surface area (Å²) in [5.41, 5.74) is 1.45. The quantitative estimate of drug-likeness (QED) is 0.595. The van der Waals surface area contributed by atoms with Gasteiger partial charge in [0.05, 0.1) is 14.2 Å². The minimum absolute atomic E-state index is 0.0610. The molecule has 4 heteroatoms. The Morgan fingerprint density at radius 1 is 1.10 bits per heavy atom. The number of benzene rings is 2. The molecule has 2 rings (SSSR count). The Hall–Kier alpha value is -2.07. The van der Waals surface area contributed by atoms with Crippen LogP contribution < -0.4 is 9.47 Å². The van der Waals surface area contributed by atoms with Crippen molar-refractivity contribution in [3.8, 4) is 11.5 Å². The normalized spacial score (nSPS) is 10.6. The van der Waals surface area contributed by atoms with E-state index in [2.05, 4.69) is 15.9 Å². The van der Waals surface area contributed by atoms with Gasteiger partial charge in [-0.25, -0.2) is 0 Å². The summed E-state index contributed by atoms with van der Waals surface area (Å²) < 4.78 is 11.3. The van der Waals surface area contributed by atoms with Gasteiger partial charge in [-0.15, -0.1) is 0 Å². The number of ketones is 1. The number of halogens is 1. The summed E-state index contributed by atoms with van der Waals surface area (Å²) >= 11 is 3.35. The van der Waals surface area contributed by atoms with Gasteiger partial charge in [0.15, 0.2) is 5.78 Å². The van der Waals surface area contributed by atoms with Crippen molar-refractivity contribution in [1.29, 1.82) is 0 Å². The molecule has 2 aromatic rings. The number of ether oxygens (including phenoxy) is 2. The SMILES string of the molecule is COc1ccc(C=CC(=O)c2cccc(Br)c2)c(OC)c1. The van der Waals surface area contributed by atoms with Crippen LogP contribution in [0.4, 0.5) is 0 Å². The first-order valence-electron chi connectivity index (χ1n) is 6.34. The Bertz CT molecular complexity index is 677. The number of carbonyl (C=O) groups excluding carboxylic acids is 1. The second kappa shape index (κ2) is 7.09. The van der Waals surface area contributed by atoms with Crippen LogP contribution in [-0.4, -0.2) is 20.0 Å². The van der Waals surface area contributed by atoms with E-state index in [1.54, 1.807) is 38.5 Å². The van der Waals surface area contributed by atoms with Crippen LogP contribution in [0.25, 0.3) is 6.08 Å². The van der Waals surface area contributed by atoms with Gasteiger partial charge in [-0.2, -0.15) is 0 Å². The van der Waals surface area contributed by atoms with Crippen LogP contribution in [0.3, 0.4) is 0 Å². The number of hydrogen-bond donors (Lipinski definition) is 0. The van der Waals surface area contributed by atoms with E-state index in [0.29, 0.717) is 17.1 Å². The molecule has 0 atom stereocenters. The summed E-state index contributed by atoms with van der Waals surface area (Å²) in [6, 6.07) is 12.7. The topological polar surface area (TPSA) is 35.5 Å². The van der Waals surface area contributed by atoms with E-state index >= 15 is 0 Å². The van der Waals surface area contributed by atoms with Crippen LogP contribution >= 0.6 is 15.9 Å². The lowest BCUT2D eigenvalue weighted by Crippen LogP contribution is -1.94. The molecule has 0 heterocycles. The fourth-order valence-electron chi connectivity index (χ4n) is 1.86. The van der Waals surface area contributed by atoms with Gasteiger partial charge >= 0.3 is 0 Å². The van der Waals surface area contributed by atoms with E-state index in [9.17, 15) is 4.79 Å². The van der Waals surface area contributed by atoms with E-state index in [0.717, 1.165) is 10.0 Å². The lowest BCUT2D eigenvalue weighted by Gasteiger charge is -2.07. The zero-order valence-corrected chi connectivity index (χ0v) is 13.4. The van der Waals surface area contributed by atoms with Crippen molar-refractivity contribution in [1.82, 2.24) is 0 Å².